The van der Waals surface area contributed by atoms with E-state index in [4.69, 9.17) is 11.6 Å². The fraction of sp³-hybridized carbons (Fsp3) is 0.409. The number of amidine groups is 1. The molecule has 4 rings (SSSR count). The number of amides is 1. The van der Waals surface area contributed by atoms with Crippen molar-refractivity contribution in [2.24, 2.45) is 4.99 Å². The Bertz CT molecular complexity index is 1110. The van der Waals surface area contributed by atoms with E-state index in [9.17, 15) is 13.2 Å². The maximum Gasteiger partial charge on any atom is 0.263 e. The molecular formula is C22H26ClN5O3S. The number of carbonyl (C=O) groups is 1. The molecule has 170 valence electrons. The van der Waals surface area contributed by atoms with Crippen molar-refractivity contribution in [2.45, 2.75) is 37.1 Å². The second kappa shape index (κ2) is 9.46. The standard InChI is InChI=1S/C22H26ClN5O3S/c1-2-3-7-18(25-21-17-6-4-5-8-19(17)32(30,31)26-21)22(29)28-13-11-27(12-14-28)20-10-9-16(23)15-24-20/h4-6,8-10,15,18H,2-3,7,11-14H2,1H3,(H,25,26). The molecule has 3 heterocycles. The highest BCUT2D eigenvalue weighted by molar-refractivity contribution is 7.90. The van der Waals surface area contributed by atoms with Gasteiger partial charge in [0.05, 0.1) is 9.92 Å². The smallest absolute Gasteiger partial charge is 0.263 e. The number of nitrogens with zero attached hydrogens (tertiary/aromatic N) is 4. The summed E-state index contributed by atoms with van der Waals surface area (Å²) in [4.78, 5) is 26.4. The Hall–Kier alpha value is -2.65. The number of carbonyl (C=O) groups excluding carboxylic acids is 1. The largest absolute Gasteiger partial charge is 0.353 e. The molecule has 1 unspecified atom stereocenters. The van der Waals surface area contributed by atoms with Gasteiger partial charge in [0.15, 0.2) is 0 Å². The first-order valence-electron chi connectivity index (χ1n) is 10.7. The predicted molar refractivity (Wildman–Crippen MR) is 125 cm³/mol. The molecule has 10 heteroatoms. The average Bonchev–Trinajstić information content (AvgIpc) is 3.07. The van der Waals surface area contributed by atoms with Gasteiger partial charge < -0.3 is 9.80 Å². The molecule has 0 spiro atoms. The number of nitrogens with one attached hydrogen (secondary N) is 1. The molecule has 1 atom stereocenters. The Morgan fingerprint density at radius 1 is 1.19 bits per heavy atom. The number of hydrogen-bond donors (Lipinski definition) is 1. The number of pyridine rings is 1. The van der Waals surface area contributed by atoms with Crippen LogP contribution in [0, 0.1) is 0 Å². The molecule has 1 aromatic carbocycles. The normalized spacial score (nSPS) is 19.5. The topological polar surface area (TPSA) is 95.0 Å². The fourth-order valence-corrected chi connectivity index (χ4v) is 5.30. The molecule has 8 nitrogen and oxygen atoms in total. The van der Waals surface area contributed by atoms with Gasteiger partial charge in [-0.2, -0.15) is 0 Å². The third-order valence-electron chi connectivity index (χ3n) is 5.69. The third kappa shape index (κ3) is 4.73. The molecular weight excluding hydrogens is 450 g/mol. The number of piperazine rings is 1. The van der Waals surface area contributed by atoms with E-state index >= 15 is 0 Å². The molecule has 0 saturated carbocycles. The molecule has 1 saturated heterocycles. The van der Waals surface area contributed by atoms with Crippen LogP contribution in [0.1, 0.15) is 31.7 Å². The van der Waals surface area contributed by atoms with Gasteiger partial charge in [0.2, 0.25) is 5.91 Å². The Morgan fingerprint density at radius 2 is 1.94 bits per heavy atom. The second-order valence-corrected chi connectivity index (χ2v) is 9.97. The van der Waals surface area contributed by atoms with Crippen molar-refractivity contribution in [3.63, 3.8) is 0 Å². The highest BCUT2D eigenvalue weighted by atomic mass is 35.5. The minimum Gasteiger partial charge on any atom is -0.353 e. The van der Waals surface area contributed by atoms with E-state index < -0.39 is 16.1 Å². The number of rotatable bonds is 6. The van der Waals surface area contributed by atoms with Crippen molar-refractivity contribution >= 4 is 39.2 Å². The second-order valence-electron chi connectivity index (χ2n) is 7.88. The van der Waals surface area contributed by atoms with Crippen LogP contribution in [0.5, 0.6) is 0 Å². The number of aromatic nitrogens is 1. The van der Waals surface area contributed by atoms with Crippen molar-refractivity contribution < 1.29 is 13.2 Å². The molecule has 32 heavy (non-hydrogen) atoms. The number of aliphatic imine (C=N–C) groups is 1. The van der Waals surface area contributed by atoms with Crippen LogP contribution >= 0.6 is 11.6 Å². The Morgan fingerprint density at radius 3 is 2.62 bits per heavy atom. The number of benzene rings is 1. The minimum absolute atomic E-state index is 0.0711. The van der Waals surface area contributed by atoms with Gasteiger partial charge in [0, 0.05) is 37.9 Å². The molecule has 0 radical (unpaired) electrons. The van der Waals surface area contributed by atoms with Gasteiger partial charge in [-0.1, -0.05) is 43.5 Å². The van der Waals surface area contributed by atoms with E-state index in [0.29, 0.717) is 43.2 Å². The summed E-state index contributed by atoms with van der Waals surface area (Å²) < 4.78 is 27.3. The van der Waals surface area contributed by atoms with E-state index in [1.165, 1.54) is 0 Å². The highest BCUT2D eigenvalue weighted by Gasteiger charge is 2.33. The van der Waals surface area contributed by atoms with E-state index in [2.05, 4.69) is 26.5 Å². The maximum absolute atomic E-state index is 13.3. The van der Waals surface area contributed by atoms with E-state index in [0.717, 1.165) is 18.7 Å². The van der Waals surface area contributed by atoms with Crippen molar-refractivity contribution in [1.29, 1.82) is 0 Å². The van der Waals surface area contributed by atoms with Crippen LogP contribution in [-0.2, 0) is 14.8 Å². The molecule has 1 amide bonds. The van der Waals surface area contributed by atoms with E-state index in [1.54, 1.807) is 36.5 Å². The minimum atomic E-state index is -3.64. The van der Waals surface area contributed by atoms with Gasteiger partial charge in [0.25, 0.3) is 10.0 Å². The van der Waals surface area contributed by atoms with Crippen molar-refractivity contribution in [2.75, 3.05) is 31.1 Å². The molecule has 1 N–H and O–H groups in total. The molecule has 0 aliphatic carbocycles. The maximum atomic E-state index is 13.3. The van der Waals surface area contributed by atoms with Gasteiger partial charge in [-0.15, -0.1) is 0 Å². The summed E-state index contributed by atoms with van der Waals surface area (Å²) in [5, 5.41) is 0.588. The third-order valence-corrected chi connectivity index (χ3v) is 7.31. The summed E-state index contributed by atoms with van der Waals surface area (Å²) in [6.07, 6.45) is 3.94. The van der Waals surface area contributed by atoms with Crippen LogP contribution < -0.4 is 9.62 Å². The molecule has 1 fully saturated rings. The average molecular weight is 476 g/mol. The van der Waals surface area contributed by atoms with Gasteiger partial charge >= 0.3 is 0 Å². The fourth-order valence-electron chi connectivity index (χ4n) is 3.95. The van der Waals surface area contributed by atoms with Crippen LogP contribution in [0.15, 0.2) is 52.5 Å². The Kier molecular flexibility index (Phi) is 6.66. The Balaban J connectivity index is 1.50. The summed E-state index contributed by atoms with van der Waals surface area (Å²) >= 11 is 5.92. The van der Waals surface area contributed by atoms with Crippen LogP contribution in [0.4, 0.5) is 5.82 Å². The zero-order chi connectivity index (χ0) is 22.7. The van der Waals surface area contributed by atoms with Gasteiger partial charge in [-0.05, 0) is 30.7 Å². The van der Waals surface area contributed by atoms with Gasteiger partial charge in [-0.3, -0.25) is 14.5 Å². The first kappa shape index (κ1) is 22.5. The van der Waals surface area contributed by atoms with Crippen LogP contribution in [0.2, 0.25) is 5.02 Å². The van der Waals surface area contributed by atoms with Crippen LogP contribution in [-0.4, -0.2) is 62.3 Å². The number of unbranched alkanes of at least 4 members (excludes halogenated alkanes) is 1. The number of anilines is 1. The van der Waals surface area contributed by atoms with Crippen LogP contribution in [0.25, 0.3) is 0 Å². The lowest BCUT2D eigenvalue weighted by Crippen LogP contribution is -2.51. The first-order valence-corrected chi connectivity index (χ1v) is 12.6. The van der Waals surface area contributed by atoms with Gasteiger partial charge in [0.1, 0.15) is 17.7 Å². The lowest BCUT2D eigenvalue weighted by molar-refractivity contribution is -0.133. The lowest BCUT2D eigenvalue weighted by atomic mass is 10.1. The van der Waals surface area contributed by atoms with Crippen molar-refractivity contribution in [3.05, 3.63) is 53.2 Å². The number of hydrogen-bond acceptors (Lipinski definition) is 6. The number of fused-ring (bicyclic) bond motifs is 1. The molecule has 2 aromatic rings. The molecule has 2 aliphatic rings. The summed E-state index contributed by atoms with van der Waals surface area (Å²) in [6, 6.07) is 9.76. The summed E-state index contributed by atoms with van der Waals surface area (Å²) in [5.41, 5.74) is 0.514. The molecule has 1 aromatic heterocycles. The monoisotopic (exact) mass is 475 g/mol. The molecule has 2 aliphatic heterocycles. The zero-order valence-electron chi connectivity index (χ0n) is 17.9. The van der Waals surface area contributed by atoms with Gasteiger partial charge in [-0.25, -0.2) is 13.4 Å². The number of halogens is 1. The van der Waals surface area contributed by atoms with Crippen molar-refractivity contribution in [1.82, 2.24) is 14.6 Å². The first-order chi connectivity index (χ1) is 15.4. The summed E-state index contributed by atoms with van der Waals surface area (Å²) in [6.45, 7) is 4.48. The summed E-state index contributed by atoms with van der Waals surface area (Å²) in [7, 11) is -3.64. The quantitative estimate of drug-likeness (QED) is 0.693. The highest BCUT2D eigenvalue weighted by Crippen LogP contribution is 2.24. The predicted octanol–water partition coefficient (Wildman–Crippen LogP) is 2.68. The summed E-state index contributed by atoms with van der Waals surface area (Å²) in [5.74, 6) is 1.01. The lowest BCUT2D eigenvalue weighted by Gasteiger charge is -2.36. The Labute approximate surface area is 193 Å². The van der Waals surface area contributed by atoms with Crippen molar-refractivity contribution in [3.8, 4) is 0 Å². The SMILES string of the molecule is CCCCC(N=C1NS(=O)(=O)c2ccccc21)C(=O)N1CCN(c2ccc(Cl)cn2)CC1. The zero-order valence-corrected chi connectivity index (χ0v) is 19.4. The molecule has 0 bridgehead atoms. The number of sulfonamides is 1. The van der Waals surface area contributed by atoms with E-state index in [-0.39, 0.29) is 16.6 Å². The van der Waals surface area contributed by atoms with Crippen LogP contribution in [0.3, 0.4) is 0 Å². The van der Waals surface area contributed by atoms with E-state index in [1.807, 2.05) is 11.0 Å².